The lowest BCUT2D eigenvalue weighted by Gasteiger charge is -2.26. The van der Waals surface area contributed by atoms with E-state index >= 15 is 0 Å². The summed E-state index contributed by atoms with van der Waals surface area (Å²) in [6, 6.07) is 13.4. The monoisotopic (exact) mass is 635 g/mol. The Balaban J connectivity index is 1.55. The van der Waals surface area contributed by atoms with Crippen LogP contribution in [0.2, 0.25) is 0 Å². The van der Waals surface area contributed by atoms with Crippen LogP contribution in [0.5, 0.6) is 11.5 Å². The van der Waals surface area contributed by atoms with Crippen molar-refractivity contribution >= 4 is 63.1 Å². The van der Waals surface area contributed by atoms with E-state index < -0.39 is 23.8 Å². The highest BCUT2D eigenvalue weighted by atomic mass is 79.9. The first-order valence-electron chi connectivity index (χ1n) is 12.5. The van der Waals surface area contributed by atoms with Crippen LogP contribution in [0.3, 0.4) is 0 Å². The summed E-state index contributed by atoms with van der Waals surface area (Å²) in [6.45, 7) is 3.54. The topological polar surface area (TPSA) is 140 Å². The number of halogens is 1. The van der Waals surface area contributed by atoms with Gasteiger partial charge in [0, 0.05) is 5.69 Å². The lowest BCUT2D eigenvalue weighted by molar-refractivity contribution is -0.122. The van der Waals surface area contributed by atoms with E-state index in [-0.39, 0.29) is 40.8 Å². The number of aryl methyl sites for hydroxylation is 2. The number of hydrogen-bond acceptors (Lipinski definition) is 8. The lowest BCUT2D eigenvalue weighted by atomic mass is 10.1. The Morgan fingerprint density at radius 1 is 1.00 bits per heavy atom. The molecule has 1 fully saturated rings. The molecule has 0 spiro atoms. The molecule has 0 bridgehead atoms. The van der Waals surface area contributed by atoms with Gasteiger partial charge in [-0.1, -0.05) is 17.7 Å². The van der Waals surface area contributed by atoms with Crippen molar-refractivity contribution in [3.63, 3.8) is 0 Å². The molecule has 0 aromatic heterocycles. The number of ether oxygens (including phenoxy) is 3. The number of anilines is 2. The highest BCUT2D eigenvalue weighted by molar-refractivity contribution is 9.10. The molecule has 5 amide bonds. The van der Waals surface area contributed by atoms with Gasteiger partial charge >= 0.3 is 12.0 Å². The number of carbonyl (C=O) groups is 5. The number of methoxy groups -OCH3 is 2. The maximum Gasteiger partial charge on any atom is 0.337 e. The molecule has 216 valence electrons. The minimum absolute atomic E-state index is 0.144. The summed E-state index contributed by atoms with van der Waals surface area (Å²) < 4.78 is 16.2. The fourth-order valence-corrected chi connectivity index (χ4v) is 4.74. The third-order valence-electron chi connectivity index (χ3n) is 6.21. The third kappa shape index (κ3) is 6.50. The molecule has 0 radical (unpaired) electrons. The summed E-state index contributed by atoms with van der Waals surface area (Å²) in [6.07, 6.45) is 1.30. The van der Waals surface area contributed by atoms with Gasteiger partial charge in [0.1, 0.15) is 5.57 Å². The SMILES string of the molecule is COC(=O)c1ccc(N2C(=O)NC(=O)/C(=C/c3cc(Br)c(OCC(=O)Nc4ccc(C)cc4C)c(OC)c3)C2=O)cc1. The summed E-state index contributed by atoms with van der Waals surface area (Å²) in [5, 5.41) is 4.95. The predicted octanol–water partition coefficient (Wildman–Crippen LogP) is 4.55. The fraction of sp³-hybridized carbons (Fsp3) is 0.167. The second-order valence-corrected chi connectivity index (χ2v) is 10.0. The summed E-state index contributed by atoms with van der Waals surface area (Å²) in [7, 11) is 2.63. The Hall–Kier alpha value is -4.97. The molecule has 3 aromatic rings. The third-order valence-corrected chi connectivity index (χ3v) is 6.80. The first kappa shape index (κ1) is 30.0. The van der Waals surface area contributed by atoms with E-state index in [1.165, 1.54) is 50.6 Å². The number of urea groups is 1. The Morgan fingerprint density at radius 3 is 2.36 bits per heavy atom. The number of barbiturate groups is 1. The minimum atomic E-state index is -0.936. The summed E-state index contributed by atoms with van der Waals surface area (Å²) in [5.74, 6) is -2.25. The standard InChI is InChI=1S/C30H26BrN3O8/c1-16-5-10-23(17(2)11-16)32-25(35)15-42-26-22(31)13-18(14-24(26)40-3)12-21-27(36)33-30(39)34(28(21)37)20-8-6-19(7-9-20)29(38)41-4/h5-14H,15H2,1-4H3,(H,32,35)(H,33,36,39)/b21-12-. The van der Waals surface area contributed by atoms with E-state index in [0.29, 0.717) is 15.7 Å². The van der Waals surface area contributed by atoms with E-state index in [4.69, 9.17) is 9.47 Å². The largest absolute Gasteiger partial charge is 0.493 e. The van der Waals surface area contributed by atoms with Gasteiger partial charge < -0.3 is 19.5 Å². The molecule has 1 aliphatic rings. The van der Waals surface area contributed by atoms with E-state index in [9.17, 15) is 24.0 Å². The summed E-state index contributed by atoms with van der Waals surface area (Å²) in [5.41, 5.74) is 3.09. The number of amides is 5. The van der Waals surface area contributed by atoms with Crippen LogP contribution >= 0.6 is 15.9 Å². The Kier molecular flexibility index (Phi) is 9.06. The molecule has 1 saturated heterocycles. The van der Waals surface area contributed by atoms with E-state index in [1.807, 2.05) is 32.0 Å². The van der Waals surface area contributed by atoms with Crippen molar-refractivity contribution in [2.75, 3.05) is 31.0 Å². The molecule has 0 aliphatic carbocycles. The van der Waals surface area contributed by atoms with Crippen LogP contribution < -0.4 is 25.0 Å². The molecule has 12 heteroatoms. The maximum atomic E-state index is 13.3. The number of imide groups is 2. The van der Waals surface area contributed by atoms with Crippen LogP contribution in [0, 0.1) is 13.8 Å². The molecule has 1 heterocycles. The molecule has 0 unspecified atom stereocenters. The maximum absolute atomic E-state index is 13.3. The van der Waals surface area contributed by atoms with Crippen molar-refractivity contribution in [3.05, 3.63) is 86.9 Å². The molecule has 0 atom stereocenters. The molecular formula is C30H26BrN3O8. The van der Waals surface area contributed by atoms with Crippen LogP contribution in [-0.4, -0.2) is 50.5 Å². The van der Waals surface area contributed by atoms with E-state index in [0.717, 1.165) is 16.0 Å². The zero-order valence-corrected chi connectivity index (χ0v) is 24.7. The number of rotatable bonds is 8. The smallest absolute Gasteiger partial charge is 0.337 e. The molecule has 2 N–H and O–H groups in total. The number of nitrogens with zero attached hydrogens (tertiary/aromatic N) is 1. The van der Waals surface area contributed by atoms with Gasteiger partial charge in [-0.3, -0.25) is 19.7 Å². The zero-order chi connectivity index (χ0) is 30.6. The molecule has 42 heavy (non-hydrogen) atoms. The van der Waals surface area contributed by atoms with E-state index in [1.54, 1.807) is 6.07 Å². The second-order valence-electron chi connectivity index (χ2n) is 9.19. The number of esters is 1. The van der Waals surface area contributed by atoms with Gasteiger partial charge in [0.05, 0.1) is 29.9 Å². The van der Waals surface area contributed by atoms with Crippen molar-refractivity contribution in [1.29, 1.82) is 0 Å². The first-order chi connectivity index (χ1) is 20.0. The first-order valence-corrected chi connectivity index (χ1v) is 13.3. The normalized spacial score (nSPS) is 14.0. The summed E-state index contributed by atoms with van der Waals surface area (Å²) >= 11 is 3.40. The summed E-state index contributed by atoms with van der Waals surface area (Å²) in [4.78, 5) is 63.5. The van der Waals surface area contributed by atoms with Crippen molar-refractivity contribution in [3.8, 4) is 11.5 Å². The van der Waals surface area contributed by atoms with Crippen molar-refractivity contribution in [2.24, 2.45) is 0 Å². The van der Waals surface area contributed by atoms with Gasteiger partial charge in [0.25, 0.3) is 17.7 Å². The van der Waals surface area contributed by atoms with Gasteiger partial charge in [0.2, 0.25) is 0 Å². The van der Waals surface area contributed by atoms with Crippen LogP contribution in [0.1, 0.15) is 27.0 Å². The highest BCUT2D eigenvalue weighted by Gasteiger charge is 2.37. The van der Waals surface area contributed by atoms with Gasteiger partial charge in [-0.2, -0.15) is 0 Å². The van der Waals surface area contributed by atoms with Gasteiger partial charge in [-0.15, -0.1) is 0 Å². The molecule has 0 saturated carbocycles. The van der Waals surface area contributed by atoms with Gasteiger partial charge in [-0.25, -0.2) is 14.5 Å². The van der Waals surface area contributed by atoms with Crippen LogP contribution in [0.25, 0.3) is 6.08 Å². The Bertz CT molecular complexity index is 1630. The molecule has 3 aromatic carbocycles. The fourth-order valence-electron chi connectivity index (χ4n) is 4.16. The number of benzene rings is 3. The van der Waals surface area contributed by atoms with Gasteiger partial charge in [0.15, 0.2) is 18.1 Å². The lowest BCUT2D eigenvalue weighted by Crippen LogP contribution is -2.54. The second kappa shape index (κ2) is 12.7. The highest BCUT2D eigenvalue weighted by Crippen LogP contribution is 2.37. The molecular weight excluding hydrogens is 610 g/mol. The molecule has 11 nitrogen and oxygen atoms in total. The molecule has 1 aliphatic heterocycles. The number of nitrogens with one attached hydrogen (secondary N) is 2. The van der Waals surface area contributed by atoms with Crippen molar-refractivity contribution in [2.45, 2.75) is 13.8 Å². The zero-order valence-electron chi connectivity index (χ0n) is 23.1. The van der Waals surface area contributed by atoms with Crippen LogP contribution in [0.15, 0.2) is 64.6 Å². The van der Waals surface area contributed by atoms with Crippen molar-refractivity contribution < 1.29 is 38.2 Å². The number of hydrogen-bond donors (Lipinski definition) is 2. The average molecular weight is 636 g/mol. The van der Waals surface area contributed by atoms with Crippen molar-refractivity contribution in [1.82, 2.24) is 5.32 Å². The minimum Gasteiger partial charge on any atom is -0.493 e. The molecule has 4 rings (SSSR count). The van der Waals surface area contributed by atoms with Gasteiger partial charge in [-0.05, 0) is 89.4 Å². The Morgan fingerprint density at radius 2 is 1.71 bits per heavy atom. The average Bonchev–Trinajstić information content (AvgIpc) is 2.95. The van der Waals surface area contributed by atoms with Crippen LogP contribution in [0.4, 0.5) is 16.2 Å². The Labute approximate surface area is 249 Å². The van der Waals surface area contributed by atoms with Crippen LogP contribution in [-0.2, 0) is 19.1 Å². The predicted molar refractivity (Wildman–Crippen MR) is 158 cm³/mol. The van der Waals surface area contributed by atoms with E-state index in [2.05, 4.69) is 31.3 Å². The quantitative estimate of drug-likeness (QED) is 0.209. The number of carbonyl (C=O) groups excluding carboxylic acids is 5.